The zero-order valence-corrected chi connectivity index (χ0v) is 9.95. The van der Waals surface area contributed by atoms with Crippen molar-refractivity contribution in [1.29, 1.82) is 0 Å². The van der Waals surface area contributed by atoms with Gasteiger partial charge in [-0.1, -0.05) is 15.9 Å². The van der Waals surface area contributed by atoms with Gasteiger partial charge in [-0.25, -0.2) is 4.79 Å². The maximum atomic E-state index is 11.8. The zero-order chi connectivity index (χ0) is 11.2. The number of aliphatic carboxylic acids is 1. The molecule has 2 rings (SSSR count). The van der Waals surface area contributed by atoms with Gasteiger partial charge in [-0.15, -0.1) is 0 Å². The first-order valence-corrected chi connectivity index (χ1v) is 6.68. The van der Waals surface area contributed by atoms with Crippen molar-refractivity contribution in [1.82, 2.24) is 4.90 Å². The number of halogens is 1. The number of β-lactam (4-membered cyclic amide) rings is 1. The molecule has 7 heteroatoms. The number of carboxylic acids is 1. The van der Waals surface area contributed by atoms with Gasteiger partial charge in [0.2, 0.25) is 5.91 Å². The maximum absolute atomic E-state index is 11.8. The minimum Gasteiger partial charge on any atom is -0.477 e. The van der Waals surface area contributed by atoms with Crippen LogP contribution in [0.1, 0.15) is 6.42 Å². The predicted molar refractivity (Wildman–Crippen MR) is 56.7 cm³/mol. The van der Waals surface area contributed by atoms with E-state index in [0.29, 0.717) is 5.33 Å². The van der Waals surface area contributed by atoms with Crippen molar-refractivity contribution in [2.24, 2.45) is 0 Å². The molecule has 1 saturated heterocycles. The summed E-state index contributed by atoms with van der Waals surface area (Å²) in [6.07, 6.45) is 1.57. The largest absolute Gasteiger partial charge is 0.477 e. The molecule has 2 aliphatic rings. The molecule has 0 aromatic heterocycles. The van der Waals surface area contributed by atoms with Crippen molar-refractivity contribution in [2.45, 2.75) is 17.0 Å². The van der Waals surface area contributed by atoms with Crippen LogP contribution in [0.25, 0.3) is 0 Å². The molecule has 0 aliphatic carbocycles. The highest BCUT2D eigenvalue weighted by atomic mass is 79.9. The smallest absolute Gasteiger partial charge is 0.352 e. The molecule has 0 radical (unpaired) electrons. The lowest BCUT2D eigenvalue weighted by Gasteiger charge is -2.43. The number of carbonyl (C=O) groups excluding carboxylic acids is 1. The number of rotatable bonds is 2. The Morgan fingerprint density at radius 1 is 1.73 bits per heavy atom. The SMILES string of the molecule is O=C(O)C1=CC(CBr)S(=O)[C@@H]2CC(=O)N12. The van der Waals surface area contributed by atoms with E-state index in [1.165, 1.54) is 6.08 Å². The molecule has 0 bridgehead atoms. The Kier molecular flexibility index (Phi) is 2.68. The molecule has 0 aromatic rings. The summed E-state index contributed by atoms with van der Waals surface area (Å²) >= 11 is 3.18. The van der Waals surface area contributed by atoms with E-state index in [4.69, 9.17) is 5.11 Å². The summed E-state index contributed by atoms with van der Waals surface area (Å²) in [5, 5.41) is 8.56. The van der Waals surface area contributed by atoms with Gasteiger partial charge in [0, 0.05) is 5.33 Å². The average Bonchev–Trinajstić information content (AvgIpc) is 2.18. The summed E-state index contributed by atoms with van der Waals surface area (Å²) in [5.74, 6) is -1.41. The zero-order valence-electron chi connectivity index (χ0n) is 7.55. The van der Waals surface area contributed by atoms with Crippen LogP contribution >= 0.6 is 15.9 Å². The third-order valence-electron chi connectivity index (χ3n) is 2.45. The van der Waals surface area contributed by atoms with E-state index in [1.54, 1.807) is 0 Å². The normalized spacial score (nSPS) is 34.2. The van der Waals surface area contributed by atoms with Gasteiger partial charge in [0.1, 0.15) is 11.1 Å². The molecule has 0 saturated carbocycles. The molecule has 2 unspecified atom stereocenters. The fourth-order valence-corrected chi connectivity index (χ4v) is 4.17. The van der Waals surface area contributed by atoms with Gasteiger partial charge < -0.3 is 5.11 Å². The number of carbonyl (C=O) groups is 2. The quantitative estimate of drug-likeness (QED) is 0.576. The van der Waals surface area contributed by atoms with Crippen molar-refractivity contribution in [2.75, 3.05) is 5.33 Å². The van der Waals surface area contributed by atoms with Crippen LogP contribution in [0.3, 0.4) is 0 Å². The van der Waals surface area contributed by atoms with Crippen molar-refractivity contribution < 1.29 is 18.9 Å². The Balaban J connectivity index is 2.39. The summed E-state index contributed by atoms with van der Waals surface area (Å²) < 4.78 is 11.8. The van der Waals surface area contributed by atoms with Crippen molar-refractivity contribution in [3.63, 3.8) is 0 Å². The summed E-state index contributed by atoms with van der Waals surface area (Å²) in [6, 6.07) is 0. The third-order valence-corrected chi connectivity index (χ3v) is 5.39. The second-order valence-electron chi connectivity index (χ2n) is 3.30. The van der Waals surface area contributed by atoms with Crippen LogP contribution in [-0.2, 0) is 20.4 Å². The topological polar surface area (TPSA) is 74.7 Å². The Morgan fingerprint density at radius 2 is 2.40 bits per heavy atom. The van der Waals surface area contributed by atoms with Crippen LogP contribution in [0.4, 0.5) is 0 Å². The molecule has 1 fully saturated rings. The Morgan fingerprint density at radius 3 is 2.87 bits per heavy atom. The molecule has 1 amide bonds. The van der Waals surface area contributed by atoms with Crippen molar-refractivity contribution >= 4 is 38.6 Å². The number of carboxylic acid groups (broad SMARTS) is 1. The van der Waals surface area contributed by atoms with E-state index in [1.807, 2.05) is 0 Å². The van der Waals surface area contributed by atoms with Gasteiger partial charge in [0.25, 0.3) is 0 Å². The first-order chi connectivity index (χ1) is 7.06. The Bertz CT molecular complexity index is 394. The fraction of sp³-hybridized carbons (Fsp3) is 0.500. The van der Waals surface area contributed by atoms with E-state index in [0.717, 1.165) is 4.90 Å². The van der Waals surface area contributed by atoms with Gasteiger partial charge in [-0.3, -0.25) is 13.9 Å². The molecule has 1 N–H and O–H groups in total. The van der Waals surface area contributed by atoms with Gasteiger partial charge in [-0.05, 0) is 6.08 Å². The predicted octanol–water partition coefficient (Wildman–Crippen LogP) is 0.0391. The standard InChI is InChI=1S/C8H8BrNO4S/c9-3-4-1-5(8(12)13)10-6(11)2-7(10)15(4)14/h1,4,7H,2-3H2,(H,12,13)/t4?,7-,15?/m1/s1. The maximum Gasteiger partial charge on any atom is 0.352 e. The van der Waals surface area contributed by atoms with Gasteiger partial charge in [0.05, 0.1) is 22.5 Å². The highest BCUT2D eigenvalue weighted by molar-refractivity contribution is 9.09. The lowest BCUT2D eigenvalue weighted by molar-refractivity contribution is -0.146. The number of amides is 1. The first-order valence-electron chi connectivity index (χ1n) is 4.28. The number of fused-ring (bicyclic) bond motifs is 1. The lowest BCUT2D eigenvalue weighted by Crippen LogP contribution is -2.59. The second-order valence-corrected chi connectivity index (χ2v) is 5.76. The van der Waals surface area contributed by atoms with Crippen LogP contribution in [0.15, 0.2) is 11.8 Å². The highest BCUT2D eigenvalue weighted by Crippen LogP contribution is 2.34. The van der Waals surface area contributed by atoms with Crippen LogP contribution in [0, 0.1) is 0 Å². The molecule has 82 valence electrons. The second kappa shape index (κ2) is 3.71. The fourth-order valence-electron chi connectivity index (χ4n) is 1.67. The minimum atomic E-state index is -1.21. The monoisotopic (exact) mass is 293 g/mol. The van der Waals surface area contributed by atoms with Crippen LogP contribution in [-0.4, -0.2) is 42.0 Å². The highest BCUT2D eigenvalue weighted by Gasteiger charge is 2.49. The van der Waals surface area contributed by atoms with Gasteiger partial charge in [0.15, 0.2) is 0 Å². The Hall–Kier alpha value is -0.690. The van der Waals surface area contributed by atoms with E-state index >= 15 is 0 Å². The molecular weight excluding hydrogens is 286 g/mol. The molecule has 2 heterocycles. The first kappa shape index (κ1) is 10.8. The summed E-state index contributed by atoms with van der Waals surface area (Å²) in [4.78, 5) is 23.2. The number of alkyl halides is 1. The summed E-state index contributed by atoms with van der Waals surface area (Å²) in [7, 11) is -1.21. The molecule has 5 nitrogen and oxygen atoms in total. The van der Waals surface area contributed by atoms with Crippen molar-refractivity contribution in [3.8, 4) is 0 Å². The van der Waals surface area contributed by atoms with Gasteiger partial charge >= 0.3 is 5.97 Å². The number of nitrogens with zero attached hydrogens (tertiary/aromatic N) is 1. The molecular formula is C8H8BrNO4S. The third kappa shape index (κ3) is 1.53. The van der Waals surface area contributed by atoms with Crippen LogP contribution < -0.4 is 0 Å². The van der Waals surface area contributed by atoms with Crippen LogP contribution in [0.5, 0.6) is 0 Å². The van der Waals surface area contributed by atoms with E-state index in [-0.39, 0.29) is 23.3 Å². The van der Waals surface area contributed by atoms with Gasteiger partial charge in [-0.2, -0.15) is 0 Å². The van der Waals surface area contributed by atoms with Crippen molar-refractivity contribution in [3.05, 3.63) is 11.8 Å². The number of hydrogen-bond acceptors (Lipinski definition) is 3. The summed E-state index contributed by atoms with van der Waals surface area (Å²) in [5.41, 5.74) is -0.0414. The molecule has 0 spiro atoms. The lowest BCUT2D eigenvalue weighted by atomic mass is 10.1. The molecule has 0 aromatic carbocycles. The summed E-state index contributed by atoms with van der Waals surface area (Å²) in [6.45, 7) is 0. The molecule has 3 atom stereocenters. The minimum absolute atomic E-state index is 0.0414. The van der Waals surface area contributed by atoms with E-state index < -0.39 is 22.1 Å². The van der Waals surface area contributed by atoms with E-state index in [2.05, 4.69) is 15.9 Å². The molecule has 2 aliphatic heterocycles. The average molecular weight is 294 g/mol. The number of hydrogen-bond donors (Lipinski definition) is 1. The van der Waals surface area contributed by atoms with Crippen LogP contribution in [0.2, 0.25) is 0 Å². The Labute approximate surface area is 96.7 Å². The molecule has 15 heavy (non-hydrogen) atoms. The van der Waals surface area contributed by atoms with E-state index in [9.17, 15) is 13.8 Å².